The Bertz CT molecular complexity index is 735. The molecule has 0 saturated carbocycles. The molecule has 23 heavy (non-hydrogen) atoms. The fourth-order valence-corrected chi connectivity index (χ4v) is 2.64. The van der Waals surface area contributed by atoms with E-state index in [1.54, 1.807) is 7.11 Å². The zero-order valence-corrected chi connectivity index (χ0v) is 13.5. The number of nitrogens with zero attached hydrogens (tertiary/aromatic N) is 3. The number of hydrogen-bond donors (Lipinski definition) is 0. The van der Waals surface area contributed by atoms with Crippen molar-refractivity contribution >= 4 is 0 Å². The van der Waals surface area contributed by atoms with Gasteiger partial charge in [-0.05, 0) is 35.6 Å². The average Bonchev–Trinajstić information content (AvgIpc) is 3.02. The van der Waals surface area contributed by atoms with Crippen molar-refractivity contribution in [2.75, 3.05) is 7.11 Å². The van der Waals surface area contributed by atoms with Crippen LogP contribution in [0.4, 0.5) is 0 Å². The van der Waals surface area contributed by atoms with Gasteiger partial charge in [-0.25, -0.2) is 4.68 Å². The van der Waals surface area contributed by atoms with E-state index in [1.165, 1.54) is 11.1 Å². The van der Waals surface area contributed by atoms with E-state index in [0.29, 0.717) is 5.92 Å². The molecule has 0 aliphatic carbocycles. The van der Waals surface area contributed by atoms with Gasteiger partial charge < -0.3 is 4.74 Å². The van der Waals surface area contributed by atoms with Gasteiger partial charge in [-0.1, -0.05) is 54.6 Å². The summed E-state index contributed by atoms with van der Waals surface area (Å²) >= 11 is 0. The minimum Gasteiger partial charge on any atom is -0.497 e. The highest BCUT2D eigenvalue weighted by Crippen LogP contribution is 2.22. The summed E-state index contributed by atoms with van der Waals surface area (Å²) in [5, 5.41) is 8.53. The van der Waals surface area contributed by atoms with E-state index in [4.69, 9.17) is 4.74 Å². The maximum Gasteiger partial charge on any atom is 0.118 e. The van der Waals surface area contributed by atoms with E-state index in [1.807, 2.05) is 41.2 Å². The highest BCUT2D eigenvalue weighted by atomic mass is 16.5. The van der Waals surface area contributed by atoms with Crippen LogP contribution in [0.1, 0.15) is 29.7 Å². The number of rotatable bonds is 6. The molecule has 1 aromatic heterocycles. The molecule has 0 radical (unpaired) electrons. The smallest absolute Gasteiger partial charge is 0.118 e. The molecule has 4 heteroatoms. The van der Waals surface area contributed by atoms with Crippen molar-refractivity contribution in [1.29, 1.82) is 0 Å². The zero-order chi connectivity index (χ0) is 16.1. The van der Waals surface area contributed by atoms with Gasteiger partial charge in [-0.15, -0.1) is 5.10 Å². The lowest BCUT2D eigenvalue weighted by Gasteiger charge is -2.10. The fraction of sp³-hybridized carbons (Fsp3) is 0.263. The second-order valence-electron chi connectivity index (χ2n) is 5.77. The summed E-state index contributed by atoms with van der Waals surface area (Å²) in [5.74, 6) is 1.28. The van der Waals surface area contributed by atoms with Crippen molar-refractivity contribution in [3.63, 3.8) is 0 Å². The molecule has 0 N–H and O–H groups in total. The molecule has 0 aliphatic rings. The summed E-state index contributed by atoms with van der Waals surface area (Å²) in [6.45, 7) is 2.96. The molecule has 2 aromatic carbocycles. The molecule has 3 rings (SSSR count). The van der Waals surface area contributed by atoms with Crippen LogP contribution in [0.2, 0.25) is 0 Å². The minimum absolute atomic E-state index is 0.391. The summed E-state index contributed by atoms with van der Waals surface area (Å²) in [6.07, 6.45) is 2.91. The molecule has 118 valence electrons. The summed E-state index contributed by atoms with van der Waals surface area (Å²) < 4.78 is 7.10. The first-order valence-corrected chi connectivity index (χ1v) is 7.81. The lowest BCUT2D eigenvalue weighted by molar-refractivity contribution is 0.414. The molecule has 1 heterocycles. The zero-order valence-electron chi connectivity index (χ0n) is 13.5. The van der Waals surface area contributed by atoms with Crippen molar-refractivity contribution in [3.8, 4) is 5.75 Å². The predicted molar refractivity (Wildman–Crippen MR) is 90.7 cm³/mol. The van der Waals surface area contributed by atoms with Gasteiger partial charge in [-0.2, -0.15) is 0 Å². The number of aromatic nitrogens is 3. The van der Waals surface area contributed by atoms with Crippen LogP contribution in [-0.4, -0.2) is 22.1 Å². The van der Waals surface area contributed by atoms with Crippen molar-refractivity contribution in [2.45, 2.75) is 25.8 Å². The van der Waals surface area contributed by atoms with E-state index >= 15 is 0 Å². The van der Waals surface area contributed by atoms with Crippen molar-refractivity contribution < 1.29 is 4.74 Å². The van der Waals surface area contributed by atoms with Crippen LogP contribution in [0, 0.1) is 0 Å². The normalized spacial score (nSPS) is 12.1. The molecule has 1 atom stereocenters. The van der Waals surface area contributed by atoms with Crippen LogP contribution in [-0.2, 0) is 13.0 Å². The third-order valence-electron chi connectivity index (χ3n) is 3.97. The highest BCUT2D eigenvalue weighted by molar-refractivity contribution is 5.29. The minimum atomic E-state index is 0.391. The second kappa shape index (κ2) is 7.09. The Morgan fingerprint density at radius 1 is 1.04 bits per heavy atom. The number of ether oxygens (including phenoxy) is 1. The van der Waals surface area contributed by atoms with Crippen LogP contribution in [0.5, 0.6) is 5.75 Å². The lowest BCUT2D eigenvalue weighted by Crippen LogP contribution is -2.00. The van der Waals surface area contributed by atoms with Crippen molar-refractivity contribution in [2.24, 2.45) is 0 Å². The second-order valence-corrected chi connectivity index (χ2v) is 5.77. The van der Waals surface area contributed by atoms with E-state index in [-0.39, 0.29) is 0 Å². The van der Waals surface area contributed by atoms with E-state index in [0.717, 1.165) is 24.4 Å². The van der Waals surface area contributed by atoms with Crippen molar-refractivity contribution in [1.82, 2.24) is 15.0 Å². The van der Waals surface area contributed by atoms with Gasteiger partial charge in [0.2, 0.25) is 0 Å². The molecule has 0 bridgehead atoms. The molecule has 0 amide bonds. The molecule has 0 aliphatic heterocycles. The monoisotopic (exact) mass is 307 g/mol. The van der Waals surface area contributed by atoms with Gasteiger partial charge in [0.05, 0.1) is 19.3 Å². The molecule has 0 spiro atoms. The Morgan fingerprint density at radius 2 is 1.78 bits per heavy atom. The standard InChI is InChI=1S/C19H21N3O/c1-15(17-8-10-19(23-2)11-9-17)12-18-14-22(21-20-18)13-16-6-4-3-5-7-16/h3-11,14-15H,12-13H2,1-2H3. The Balaban J connectivity index is 1.63. The summed E-state index contributed by atoms with van der Waals surface area (Å²) in [5.41, 5.74) is 3.53. The van der Waals surface area contributed by atoms with Crippen LogP contribution in [0.3, 0.4) is 0 Å². The summed E-state index contributed by atoms with van der Waals surface area (Å²) in [7, 11) is 1.68. The van der Waals surface area contributed by atoms with Crippen LogP contribution in [0.15, 0.2) is 60.8 Å². The number of hydrogen-bond acceptors (Lipinski definition) is 3. The van der Waals surface area contributed by atoms with Crippen LogP contribution < -0.4 is 4.74 Å². The maximum atomic E-state index is 5.20. The molecule has 1 unspecified atom stereocenters. The molecular weight excluding hydrogens is 286 g/mol. The van der Waals surface area contributed by atoms with Gasteiger partial charge in [0.25, 0.3) is 0 Å². The third kappa shape index (κ3) is 3.97. The van der Waals surface area contributed by atoms with Crippen LogP contribution >= 0.6 is 0 Å². The van der Waals surface area contributed by atoms with E-state index in [9.17, 15) is 0 Å². The van der Waals surface area contributed by atoms with Gasteiger partial charge in [0.1, 0.15) is 5.75 Å². The number of methoxy groups -OCH3 is 1. The van der Waals surface area contributed by atoms with Crippen LogP contribution in [0.25, 0.3) is 0 Å². The lowest BCUT2D eigenvalue weighted by atomic mass is 9.96. The topological polar surface area (TPSA) is 39.9 Å². The maximum absolute atomic E-state index is 5.20. The van der Waals surface area contributed by atoms with Crippen molar-refractivity contribution in [3.05, 3.63) is 77.6 Å². The Labute approximate surface area is 136 Å². The molecule has 4 nitrogen and oxygen atoms in total. The van der Waals surface area contributed by atoms with Gasteiger partial charge in [-0.3, -0.25) is 0 Å². The molecular formula is C19H21N3O. The average molecular weight is 307 g/mol. The van der Waals surface area contributed by atoms with Gasteiger partial charge in [0, 0.05) is 6.20 Å². The SMILES string of the molecule is COc1ccc(C(C)Cc2cn(Cc3ccccc3)nn2)cc1. The molecule has 3 aromatic rings. The summed E-state index contributed by atoms with van der Waals surface area (Å²) in [4.78, 5) is 0. The molecule has 0 saturated heterocycles. The van der Waals surface area contributed by atoms with E-state index in [2.05, 4.69) is 41.5 Å². The largest absolute Gasteiger partial charge is 0.497 e. The Kier molecular flexibility index (Phi) is 4.71. The summed E-state index contributed by atoms with van der Waals surface area (Å²) in [6, 6.07) is 18.5. The Morgan fingerprint density at radius 3 is 2.48 bits per heavy atom. The molecule has 0 fully saturated rings. The van der Waals surface area contributed by atoms with E-state index < -0.39 is 0 Å². The van der Waals surface area contributed by atoms with Gasteiger partial charge in [0.15, 0.2) is 0 Å². The fourth-order valence-electron chi connectivity index (χ4n) is 2.64. The first-order valence-electron chi connectivity index (χ1n) is 7.81. The highest BCUT2D eigenvalue weighted by Gasteiger charge is 2.10. The number of benzene rings is 2. The first-order chi connectivity index (χ1) is 11.2. The van der Waals surface area contributed by atoms with Gasteiger partial charge >= 0.3 is 0 Å². The predicted octanol–water partition coefficient (Wildman–Crippen LogP) is 3.68. The quantitative estimate of drug-likeness (QED) is 0.697. The third-order valence-corrected chi connectivity index (χ3v) is 3.97. The Hall–Kier alpha value is -2.62. The first kappa shape index (κ1) is 15.3.